The van der Waals surface area contributed by atoms with Crippen LogP contribution in [0.2, 0.25) is 0 Å². The van der Waals surface area contributed by atoms with E-state index in [2.05, 4.69) is 32.1 Å². The van der Waals surface area contributed by atoms with E-state index in [-0.39, 0.29) is 5.95 Å². The van der Waals surface area contributed by atoms with Gasteiger partial charge in [0.15, 0.2) is 0 Å². The topological polar surface area (TPSA) is 83.2 Å². The highest BCUT2D eigenvalue weighted by Crippen LogP contribution is 2.13. The molecule has 0 aromatic carbocycles. The Bertz CT molecular complexity index is 415. The molecule has 19 heavy (non-hydrogen) atoms. The van der Waals surface area contributed by atoms with Crippen LogP contribution in [0, 0.1) is 0 Å². The van der Waals surface area contributed by atoms with Gasteiger partial charge in [-0.25, -0.2) is 0 Å². The second-order valence-electron chi connectivity index (χ2n) is 5.18. The van der Waals surface area contributed by atoms with Crippen molar-refractivity contribution >= 4 is 17.8 Å². The molecule has 1 aromatic heterocycles. The number of likely N-dealkylation sites (tertiary alicyclic amines) is 1. The van der Waals surface area contributed by atoms with Crippen LogP contribution in [0.4, 0.5) is 17.8 Å². The number of nitrogens with two attached hydrogens (primary N) is 1. The molecule has 0 bridgehead atoms. The Kier molecular flexibility index (Phi) is 4.36. The maximum atomic E-state index is 5.69. The van der Waals surface area contributed by atoms with Crippen molar-refractivity contribution < 1.29 is 0 Å². The SMILES string of the molecule is CC(CNc1nc(N)nc(N(C)C)n1)N1CCCC1. The molecule has 1 saturated heterocycles. The Morgan fingerprint density at radius 1 is 1.26 bits per heavy atom. The molecular formula is C12H23N7. The maximum Gasteiger partial charge on any atom is 0.231 e. The van der Waals surface area contributed by atoms with Gasteiger partial charge in [0, 0.05) is 26.7 Å². The number of nitrogens with one attached hydrogen (secondary N) is 1. The van der Waals surface area contributed by atoms with Gasteiger partial charge in [-0.2, -0.15) is 15.0 Å². The molecule has 3 N–H and O–H groups in total. The van der Waals surface area contributed by atoms with Crippen LogP contribution in [-0.2, 0) is 0 Å². The summed E-state index contributed by atoms with van der Waals surface area (Å²) in [7, 11) is 3.76. The van der Waals surface area contributed by atoms with E-state index in [4.69, 9.17) is 5.73 Å². The van der Waals surface area contributed by atoms with Gasteiger partial charge >= 0.3 is 0 Å². The van der Waals surface area contributed by atoms with Crippen molar-refractivity contribution in [1.29, 1.82) is 0 Å². The van der Waals surface area contributed by atoms with Crippen LogP contribution in [0.25, 0.3) is 0 Å². The van der Waals surface area contributed by atoms with Gasteiger partial charge in [0.1, 0.15) is 0 Å². The third-order valence-electron chi connectivity index (χ3n) is 3.36. The Morgan fingerprint density at radius 3 is 2.58 bits per heavy atom. The molecule has 1 unspecified atom stereocenters. The maximum absolute atomic E-state index is 5.69. The summed E-state index contributed by atoms with van der Waals surface area (Å²) in [6.07, 6.45) is 2.60. The first-order valence-corrected chi connectivity index (χ1v) is 6.73. The first kappa shape index (κ1) is 13.8. The van der Waals surface area contributed by atoms with E-state index in [9.17, 15) is 0 Å². The quantitative estimate of drug-likeness (QED) is 0.798. The number of hydrogen-bond acceptors (Lipinski definition) is 7. The normalized spacial score (nSPS) is 17.4. The Morgan fingerprint density at radius 2 is 1.95 bits per heavy atom. The zero-order valence-electron chi connectivity index (χ0n) is 11.9. The largest absolute Gasteiger partial charge is 0.368 e. The standard InChI is InChI=1S/C12H23N7/c1-9(19-6-4-5-7-19)8-14-11-15-10(13)16-12(17-11)18(2)3/h9H,4-8H2,1-3H3,(H3,13,14,15,16,17). The van der Waals surface area contributed by atoms with E-state index in [1.807, 2.05) is 19.0 Å². The monoisotopic (exact) mass is 265 g/mol. The lowest BCUT2D eigenvalue weighted by Gasteiger charge is -2.24. The molecule has 0 saturated carbocycles. The summed E-state index contributed by atoms with van der Waals surface area (Å²) in [6.45, 7) is 5.41. The Labute approximate surface area is 114 Å². The van der Waals surface area contributed by atoms with E-state index < -0.39 is 0 Å². The molecule has 1 aromatic rings. The summed E-state index contributed by atoms with van der Waals surface area (Å²) in [5.74, 6) is 1.36. The lowest BCUT2D eigenvalue weighted by atomic mass is 10.3. The highest BCUT2D eigenvalue weighted by molar-refractivity contribution is 5.40. The van der Waals surface area contributed by atoms with Crippen LogP contribution < -0.4 is 16.0 Å². The molecule has 7 nitrogen and oxygen atoms in total. The summed E-state index contributed by atoms with van der Waals surface area (Å²) >= 11 is 0. The zero-order chi connectivity index (χ0) is 13.8. The van der Waals surface area contributed by atoms with Crippen LogP contribution in [0.5, 0.6) is 0 Å². The summed E-state index contributed by atoms with van der Waals surface area (Å²) < 4.78 is 0. The van der Waals surface area contributed by atoms with Crippen molar-refractivity contribution in [2.75, 3.05) is 49.7 Å². The van der Waals surface area contributed by atoms with E-state index in [1.54, 1.807) is 0 Å². The number of hydrogen-bond donors (Lipinski definition) is 2. The molecule has 1 atom stereocenters. The van der Waals surface area contributed by atoms with Gasteiger partial charge in [-0.1, -0.05) is 0 Å². The molecule has 7 heteroatoms. The number of nitrogens with zero attached hydrogens (tertiary/aromatic N) is 5. The van der Waals surface area contributed by atoms with E-state index in [0.717, 1.165) is 6.54 Å². The fraction of sp³-hybridized carbons (Fsp3) is 0.750. The summed E-state index contributed by atoms with van der Waals surface area (Å²) in [5.41, 5.74) is 5.69. The minimum Gasteiger partial charge on any atom is -0.368 e. The number of rotatable bonds is 5. The average molecular weight is 265 g/mol. The van der Waals surface area contributed by atoms with Gasteiger partial charge in [-0.15, -0.1) is 0 Å². The fourth-order valence-corrected chi connectivity index (χ4v) is 2.21. The average Bonchev–Trinajstić information content (AvgIpc) is 2.89. The minimum atomic E-state index is 0.245. The molecule has 106 valence electrons. The number of anilines is 3. The van der Waals surface area contributed by atoms with Gasteiger partial charge in [0.25, 0.3) is 0 Å². The molecule has 2 heterocycles. The van der Waals surface area contributed by atoms with Crippen molar-refractivity contribution in [2.45, 2.75) is 25.8 Å². The highest BCUT2D eigenvalue weighted by Gasteiger charge is 2.18. The van der Waals surface area contributed by atoms with Crippen LogP contribution >= 0.6 is 0 Å². The van der Waals surface area contributed by atoms with Gasteiger partial charge < -0.3 is 16.0 Å². The van der Waals surface area contributed by atoms with Gasteiger partial charge in [-0.05, 0) is 32.9 Å². The van der Waals surface area contributed by atoms with Crippen molar-refractivity contribution in [2.24, 2.45) is 0 Å². The number of aromatic nitrogens is 3. The van der Waals surface area contributed by atoms with E-state index in [0.29, 0.717) is 17.9 Å². The van der Waals surface area contributed by atoms with Crippen LogP contribution in [0.1, 0.15) is 19.8 Å². The highest BCUT2D eigenvalue weighted by atomic mass is 15.3. The molecule has 2 rings (SSSR count). The van der Waals surface area contributed by atoms with Gasteiger partial charge in [0.2, 0.25) is 17.8 Å². The van der Waals surface area contributed by atoms with Gasteiger partial charge in [0.05, 0.1) is 0 Å². The second-order valence-corrected chi connectivity index (χ2v) is 5.18. The van der Waals surface area contributed by atoms with Crippen LogP contribution in [-0.4, -0.2) is 59.6 Å². The van der Waals surface area contributed by atoms with Gasteiger partial charge in [-0.3, -0.25) is 4.90 Å². The number of nitrogen functional groups attached to an aromatic ring is 1. The molecule has 1 aliphatic heterocycles. The molecule has 1 aliphatic rings. The predicted octanol–water partition coefficient (Wildman–Crippen LogP) is 0.416. The molecular weight excluding hydrogens is 242 g/mol. The van der Waals surface area contributed by atoms with Crippen molar-refractivity contribution in [1.82, 2.24) is 19.9 Å². The summed E-state index contributed by atoms with van der Waals surface area (Å²) in [4.78, 5) is 16.8. The molecule has 0 radical (unpaired) electrons. The molecule has 0 spiro atoms. The Balaban J connectivity index is 1.94. The molecule has 0 amide bonds. The predicted molar refractivity (Wildman–Crippen MR) is 77.3 cm³/mol. The molecule has 0 aliphatic carbocycles. The van der Waals surface area contributed by atoms with Crippen LogP contribution in [0.3, 0.4) is 0 Å². The van der Waals surface area contributed by atoms with E-state index >= 15 is 0 Å². The lowest BCUT2D eigenvalue weighted by molar-refractivity contribution is 0.269. The zero-order valence-corrected chi connectivity index (χ0v) is 11.9. The third kappa shape index (κ3) is 3.66. The third-order valence-corrected chi connectivity index (χ3v) is 3.36. The second kappa shape index (κ2) is 6.01. The fourth-order valence-electron chi connectivity index (χ4n) is 2.21. The first-order valence-electron chi connectivity index (χ1n) is 6.73. The van der Waals surface area contributed by atoms with Crippen molar-refractivity contribution in [3.63, 3.8) is 0 Å². The lowest BCUT2D eigenvalue weighted by Crippen LogP contribution is -2.36. The van der Waals surface area contributed by atoms with E-state index in [1.165, 1.54) is 25.9 Å². The van der Waals surface area contributed by atoms with Crippen molar-refractivity contribution in [3.05, 3.63) is 0 Å². The minimum absolute atomic E-state index is 0.245. The Hall–Kier alpha value is -1.63. The van der Waals surface area contributed by atoms with Crippen molar-refractivity contribution in [3.8, 4) is 0 Å². The molecule has 1 fully saturated rings. The first-order chi connectivity index (χ1) is 9.06. The summed E-state index contributed by atoms with van der Waals surface area (Å²) in [5, 5.41) is 3.25. The smallest absolute Gasteiger partial charge is 0.231 e. The summed E-state index contributed by atoms with van der Waals surface area (Å²) in [6, 6.07) is 0.475. The van der Waals surface area contributed by atoms with Crippen LogP contribution in [0.15, 0.2) is 0 Å².